The predicted octanol–water partition coefficient (Wildman–Crippen LogP) is 1.12. The Morgan fingerprint density at radius 3 is 2.76 bits per heavy atom. The molecule has 3 aliphatic heterocycles. The summed E-state index contributed by atoms with van der Waals surface area (Å²) in [4.78, 5) is 42.3. The van der Waals surface area contributed by atoms with E-state index in [1.54, 1.807) is 19.2 Å². The van der Waals surface area contributed by atoms with Crippen molar-refractivity contribution >= 4 is 29.6 Å². The topological polar surface area (TPSA) is 99.2 Å². The van der Waals surface area contributed by atoms with E-state index in [1.165, 1.54) is 21.7 Å². The van der Waals surface area contributed by atoms with Crippen LogP contribution in [0.25, 0.3) is 0 Å². The third-order valence-corrected chi connectivity index (χ3v) is 6.48. The molecule has 0 bridgehead atoms. The van der Waals surface area contributed by atoms with E-state index in [4.69, 9.17) is 4.84 Å². The summed E-state index contributed by atoms with van der Waals surface area (Å²) >= 11 is 1.53. The fraction of sp³-hybridized carbons (Fsp3) is 0.350. The van der Waals surface area contributed by atoms with Crippen LogP contribution in [0, 0.1) is 0 Å². The normalized spacial score (nSPS) is 27.2. The summed E-state index contributed by atoms with van der Waals surface area (Å²) in [6.07, 6.45) is 3.65. The minimum Gasteiger partial charge on any atom is -0.477 e. The molecular formula is C20H21N3O5S. The van der Waals surface area contributed by atoms with Gasteiger partial charge in [-0.05, 0) is 11.1 Å². The number of rotatable bonds is 6. The first-order valence-electron chi connectivity index (χ1n) is 9.26. The predicted molar refractivity (Wildman–Crippen MR) is 106 cm³/mol. The Morgan fingerprint density at radius 2 is 2.10 bits per heavy atom. The smallest absolute Gasteiger partial charge is 0.352 e. The second kappa shape index (κ2) is 8.02. The van der Waals surface area contributed by atoms with Gasteiger partial charge in [0, 0.05) is 19.3 Å². The number of carbonyl (C=O) groups is 3. The fourth-order valence-corrected chi connectivity index (χ4v) is 4.98. The minimum absolute atomic E-state index is 0.0145. The van der Waals surface area contributed by atoms with E-state index in [-0.39, 0.29) is 35.4 Å². The van der Waals surface area contributed by atoms with E-state index >= 15 is 0 Å². The average Bonchev–Trinajstić information content (AvgIpc) is 3.03. The lowest BCUT2D eigenvalue weighted by molar-refractivity contribution is -0.167. The number of fused-ring (bicyclic) bond motifs is 1. The highest BCUT2D eigenvalue weighted by Gasteiger charge is 2.53. The molecule has 1 aromatic rings. The van der Waals surface area contributed by atoms with Crippen LogP contribution in [0.3, 0.4) is 0 Å². The zero-order valence-electron chi connectivity index (χ0n) is 15.8. The summed E-state index contributed by atoms with van der Waals surface area (Å²) < 4.78 is 0. The number of nitrogens with one attached hydrogen (secondary N) is 1. The van der Waals surface area contributed by atoms with Crippen molar-refractivity contribution in [3.63, 3.8) is 0 Å². The number of hydrogen-bond donors (Lipinski definition) is 2. The van der Waals surface area contributed by atoms with Crippen LogP contribution in [-0.4, -0.2) is 63.2 Å². The van der Waals surface area contributed by atoms with Gasteiger partial charge in [-0.15, -0.1) is 16.8 Å². The van der Waals surface area contributed by atoms with Crippen LogP contribution in [0.5, 0.6) is 0 Å². The van der Waals surface area contributed by atoms with Crippen LogP contribution in [0.4, 0.5) is 0 Å². The van der Waals surface area contributed by atoms with Crippen molar-refractivity contribution in [2.45, 2.75) is 30.4 Å². The molecular weight excluding hydrogens is 394 g/mol. The Labute approximate surface area is 172 Å². The molecule has 3 heterocycles. The van der Waals surface area contributed by atoms with Gasteiger partial charge >= 0.3 is 11.9 Å². The van der Waals surface area contributed by atoms with Crippen molar-refractivity contribution < 1.29 is 24.3 Å². The molecule has 0 aliphatic carbocycles. The Bertz CT molecular complexity index is 901. The van der Waals surface area contributed by atoms with E-state index in [1.807, 2.05) is 30.3 Å². The molecule has 1 amide bonds. The number of allylic oxidation sites excluding steroid dienone is 1. The molecule has 3 atom stereocenters. The second-order valence-corrected chi connectivity index (χ2v) is 8.18. The summed E-state index contributed by atoms with van der Waals surface area (Å²) in [5.41, 5.74) is 1.64. The maximum absolute atomic E-state index is 12.7. The van der Waals surface area contributed by atoms with Crippen molar-refractivity contribution in [1.82, 2.24) is 15.3 Å². The maximum atomic E-state index is 12.7. The van der Waals surface area contributed by atoms with Gasteiger partial charge in [-0.1, -0.05) is 42.5 Å². The number of β-lactam (4-membered cyclic amide) rings is 1. The number of carbonyl (C=O) groups excluding carboxylic acids is 2. The van der Waals surface area contributed by atoms with Crippen molar-refractivity contribution in [3.05, 3.63) is 59.3 Å². The van der Waals surface area contributed by atoms with Gasteiger partial charge in [-0.2, -0.15) is 0 Å². The number of likely N-dealkylation sites (N-methyl/N-ethyl adjacent to an activating group) is 1. The lowest BCUT2D eigenvalue weighted by Crippen LogP contribution is -2.69. The molecule has 9 heteroatoms. The zero-order valence-corrected chi connectivity index (χ0v) is 16.6. The Kier molecular flexibility index (Phi) is 5.44. The summed E-state index contributed by atoms with van der Waals surface area (Å²) in [6.45, 7) is 0.545. The van der Waals surface area contributed by atoms with Crippen molar-refractivity contribution in [3.8, 4) is 0 Å². The van der Waals surface area contributed by atoms with Gasteiger partial charge in [0.15, 0.2) is 0 Å². The number of benzene rings is 1. The van der Waals surface area contributed by atoms with E-state index in [0.29, 0.717) is 17.9 Å². The molecule has 4 rings (SSSR count). The lowest BCUT2D eigenvalue weighted by Gasteiger charge is -2.49. The third kappa shape index (κ3) is 3.81. The van der Waals surface area contributed by atoms with E-state index in [2.05, 4.69) is 5.32 Å². The molecule has 0 spiro atoms. The molecule has 2 fully saturated rings. The van der Waals surface area contributed by atoms with Crippen molar-refractivity contribution in [1.29, 1.82) is 0 Å². The Hall–Kier alpha value is -2.62. The average molecular weight is 415 g/mol. The fourth-order valence-electron chi connectivity index (χ4n) is 3.63. The summed E-state index contributed by atoms with van der Waals surface area (Å²) in [7, 11) is 1.65. The lowest BCUT2D eigenvalue weighted by atomic mass is 10.0. The van der Waals surface area contributed by atoms with Crippen molar-refractivity contribution in [2.75, 3.05) is 12.8 Å². The van der Waals surface area contributed by atoms with E-state index in [9.17, 15) is 19.5 Å². The highest BCUT2D eigenvalue weighted by Crippen LogP contribution is 2.40. The highest BCUT2D eigenvalue weighted by atomic mass is 32.2. The minimum atomic E-state index is -1.13. The number of hydroxylamine groups is 2. The van der Waals surface area contributed by atoms with Gasteiger partial charge in [0.1, 0.15) is 17.1 Å². The number of carboxylic acids is 1. The van der Waals surface area contributed by atoms with Gasteiger partial charge < -0.3 is 9.94 Å². The van der Waals surface area contributed by atoms with E-state index in [0.717, 1.165) is 5.56 Å². The van der Waals surface area contributed by atoms with Crippen LogP contribution >= 0.6 is 11.8 Å². The van der Waals surface area contributed by atoms with Gasteiger partial charge in [-0.3, -0.25) is 19.8 Å². The second-order valence-electron chi connectivity index (χ2n) is 7.07. The summed E-state index contributed by atoms with van der Waals surface area (Å²) in [5.74, 6) is -1.21. The highest BCUT2D eigenvalue weighted by molar-refractivity contribution is 8.00. The maximum Gasteiger partial charge on any atom is 0.352 e. The SMILES string of the molecule is CN1OC(=O)CC1/C=C/C1=C(C(=O)O)N2C(=O)C(NCc3ccccc3)C2SC1. The molecule has 0 radical (unpaired) electrons. The number of nitrogens with zero attached hydrogens (tertiary/aromatic N) is 2. The largest absolute Gasteiger partial charge is 0.477 e. The number of amides is 1. The number of aliphatic carboxylic acids is 1. The van der Waals surface area contributed by atoms with Crippen LogP contribution in [0.1, 0.15) is 12.0 Å². The Balaban J connectivity index is 1.48. The van der Waals surface area contributed by atoms with Crippen LogP contribution in [-0.2, 0) is 25.8 Å². The first kappa shape index (κ1) is 19.7. The van der Waals surface area contributed by atoms with Crippen molar-refractivity contribution in [2.24, 2.45) is 0 Å². The van der Waals surface area contributed by atoms with Gasteiger partial charge in [0.25, 0.3) is 0 Å². The molecule has 3 aliphatic rings. The number of carboxylic acid groups (broad SMARTS) is 1. The van der Waals surface area contributed by atoms with Crippen LogP contribution < -0.4 is 5.32 Å². The standard InChI is InChI=1S/C20H21N3O5S/c1-22-14(9-15(24)28-22)8-7-13-11-29-19-16(18(25)23(19)17(13)20(26)27)21-10-12-5-3-2-4-6-12/h2-8,14,16,19,21H,9-11H2,1H3,(H,26,27)/b8-7+. The molecule has 29 heavy (non-hydrogen) atoms. The monoisotopic (exact) mass is 415 g/mol. The first-order chi connectivity index (χ1) is 14.0. The Morgan fingerprint density at radius 1 is 1.34 bits per heavy atom. The summed E-state index contributed by atoms with van der Waals surface area (Å²) in [5, 5.41) is 14.2. The van der Waals surface area contributed by atoms with Gasteiger partial charge in [0.2, 0.25) is 5.91 Å². The molecule has 2 N–H and O–H groups in total. The van der Waals surface area contributed by atoms with Crippen LogP contribution in [0.15, 0.2) is 53.8 Å². The van der Waals surface area contributed by atoms with Crippen LogP contribution in [0.2, 0.25) is 0 Å². The molecule has 8 nitrogen and oxygen atoms in total. The van der Waals surface area contributed by atoms with Gasteiger partial charge in [0.05, 0.1) is 12.5 Å². The molecule has 2 saturated heterocycles. The summed E-state index contributed by atoms with van der Waals surface area (Å²) in [6, 6.07) is 9.09. The molecule has 0 aromatic heterocycles. The molecule has 3 unspecified atom stereocenters. The number of hydrogen-bond acceptors (Lipinski definition) is 7. The molecule has 1 aromatic carbocycles. The van der Waals surface area contributed by atoms with E-state index < -0.39 is 12.0 Å². The third-order valence-electron chi connectivity index (χ3n) is 5.18. The van der Waals surface area contributed by atoms with Gasteiger partial charge in [-0.25, -0.2) is 4.79 Å². The quantitative estimate of drug-likeness (QED) is 0.667. The molecule has 0 saturated carbocycles. The molecule has 152 valence electrons. The first-order valence-corrected chi connectivity index (χ1v) is 10.3. The zero-order chi connectivity index (χ0) is 20.5. The number of thioether (sulfide) groups is 1.